The first-order valence-electron chi connectivity index (χ1n) is 4.15. The van der Waals surface area contributed by atoms with Crippen LogP contribution in [-0.4, -0.2) is 12.6 Å². The lowest BCUT2D eigenvalue weighted by Gasteiger charge is -2.08. The first-order valence-corrected chi connectivity index (χ1v) is 4.15. The van der Waals surface area contributed by atoms with Crippen LogP contribution in [0.3, 0.4) is 0 Å². The highest BCUT2D eigenvalue weighted by Gasteiger charge is 1.92. The van der Waals surface area contributed by atoms with E-state index in [1.807, 2.05) is 0 Å². The number of hydrogen-bond donors (Lipinski definition) is 1. The van der Waals surface area contributed by atoms with Crippen molar-refractivity contribution in [2.75, 3.05) is 6.54 Å². The Morgan fingerprint density at radius 3 is 2.70 bits per heavy atom. The third kappa shape index (κ3) is 5.83. The molecule has 0 bridgehead atoms. The predicted molar refractivity (Wildman–Crippen MR) is 47.2 cm³/mol. The minimum atomic E-state index is 0.672. The van der Waals surface area contributed by atoms with Crippen molar-refractivity contribution in [3.63, 3.8) is 0 Å². The summed E-state index contributed by atoms with van der Waals surface area (Å²) in [5, 5.41) is 3.42. The van der Waals surface area contributed by atoms with E-state index in [-0.39, 0.29) is 0 Å². The zero-order valence-corrected chi connectivity index (χ0v) is 7.35. The van der Waals surface area contributed by atoms with E-state index in [2.05, 4.69) is 38.2 Å². The van der Waals surface area contributed by atoms with Crippen molar-refractivity contribution in [1.82, 2.24) is 5.32 Å². The van der Waals surface area contributed by atoms with Gasteiger partial charge in [-0.15, -0.1) is 0 Å². The molecule has 0 amide bonds. The molecule has 0 heterocycles. The molecule has 0 aliphatic carbocycles. The van der Waals surface area contributed by atoms with E-state index >= 15 is 0 Å². The first-order chi connectivity index (χ1) is 4.81. The highest BCUT2D eigenvalue weighted by Crippen LogP contribution is 1.88. The minimum absolute atomic E-state index is 0.672. The molecule has 0 fully saturated rings. The number of hydrogen-bond acceptors (Lipinski definition) is 1. The van der Waals surface area contributed by atoms with Crippen molar-refractivity contribution in [2.45, 2.75) is 39.7 Å². The third-order valence-electron chi connectivity index (χ3n) is 1.65. The molecule has 1 N–H and O–H groups in total. The maximum atomic E-state index is 3.42. The molecule has 0 aromatic rings. The van der Waals surface area contributed by atoms with Gasteiger partial charge in [0.2, 0.25) is 0 Å². The lowest BCUT2D eigenvalue weighted by molar-refractivity contribution is 0.540. The second-order valence-corrected chi connectivity index (χ2v) is 2.62. The van der Waals surface area contributed by atoms with Gasteiger partial charge in [0.05, 0.1) is 0 Å². The Kier molecular flexibility index (Phi) is 6.61. The van der Waals surface area contributed by atoms with Crippen molar-refractivity contribution < 1.29 is 0 Å². The Morgan fingerprint density at radius 2 is 2.20 bits per heavy atom. The van der Waals surface area contributed by atoms with E-state index in [9.17, 15) is 0 Å². The number of allylic oxidation sites excluding steroid dienone is 1. The summed E-state index contributed by atoms with van der Waals surface area (Å²) in [6.45, 7) is 7.59. The summed E-state index contributed by atoms with van der Waals surface area (Å²) >= 11 is 0. The molecule has 0 aliphatic rings. The summed E-state index contributed by atoms with van der Waals surface area (Å²) in [5.74, 6) is 0. The maximum absolute atomic E-state index is 3.42. The molecule has 0 aliphatic heterocycles. The molecule has 10 heavy (non-hydrogen) atoms. The van der Waals surface area contributed by atoms with Crippen molar-refractivity contribution >= 4 is 0 Å². The summed E-state index contributed by atoms with van der Waals surface area (Å²) in [7, 11) is 0. The van der Waals surface area contributed by atoms with E-state index in [1.54, 1.807) is 0 Å². The summed E-state index contributed by atoms with van der Waals surface area (Å²) in [5.41, 5.74) is 0. The van der Waals surface area contributed by atoms with Gasteiger partial charge in [0.1, 0.15) is 0 Å². The standard InChI is InChI=1S/C9H19N/c1-4-6-7-8-10-9(3)5-2/h4,6,9-10H,5,7-8H2,1-3H3/b6-4+. The van der Waals surface area contributed by atoms with Crippen LogP contribution < -0.4 is 5.32 Å². The molecule has 0 aromatic heterocycles. The average Bonchev–Trinajstić information content (AvgIpc) is 1.98. The van der Waals surface area contributed by atoms with Crippen molar-refractivity contribution in [3.8, 4) is 0 Å². The van der Waals surface area contributed by atoms with E-state index in [1.165, 1.54) is 6.42 Å². The monoisotopic (exact) mass is 141 g/mol. The largest absolute Gasteiger partial charge is 0.314 e. The Labute approximate surface area is 64.5 Å². The molecule has 0 spiro atoms. The van der Waals surface area contributed by atoms with Crippen molar-refractivity contribution in [2.24, 2.45) is 0 Å². The fraction of sp³-hybridized carbons (Fsp3) is 0.778. The Bertz CT molecular complexity index is 86.7. The van der Waals surface area contributed by atoms with Gasteiger partial charge in [0.25, 0.3) is 0 Å². The second-order valence-electron chi connectivity index (χ2n) is 2.62. The molecular weight excluding hydrogens is 122 g/mol. The van der Waals surface area contributed by atoms with E-state index < -0.39 is 0 Å². The normalized spacial score (nSPS) is 14.3. The molecule has 60 valence electrons. The van der Waals surface area contributed by atoms with Crippen LogP contribution >= 0.6 is 0 Å². The summed E-state index contributed by atoms with van der Waals surface area (Å²) < 4.78 is 0. The van der Waals surface area contributed by atoms with Gasteiger partial charge < -0.3 is 5.32 Å². The molecule has 0 radical (unpaired) electrons. The zero-order valence-electron chi connectivity index (χ0n) is 7.35. The van der Waals surface area contributed by atoms with Crippen LogP contribution in [0.25, 0.3) is 0 Å². The van der Waals surface area contributed by atoms with Gasteiger partial charge in [-0.3, -0.25) is 0 Å². The van der Waals surface area contributed by atoms with Gasteiger partial charge >= 0.3 is 0 Å². The first kappa shape index (κ1) is 9.70. The fourth-order valence-corrected chi connectivity index (χ4v) is 0.724. The fourth-order valence-electron chi connectivity index (χ4n) is 0.724. The summed E-state index contributed by atoms with van der Waals surface area (Å²) in [4.78, 5) is 0. The third-order valence-corrected chi connectivity index (χ3v) is 1.65. The molecule has 0 saturated heterocycles. The van der Waals surface area contributed by atoms with Crippen LogP contribution in [0, 0.1) is 0 Å². The molecule has 1 unspecified atom stereocenters. The average molecular weight is 141 g/mol. The van der Waals surface area contributed by atoms with Crippen molar-refractivity contribution in [3.05, 3.63) is 12.2 Å². The molecule has 0 rings (SSSR count). The molecule has 1 atom stereocenters. The lowest BCUT2D eigenvalue weighted by Crippen LogP contribution is -2.25. The van der Waals surface area contributed by atoms with Crippen LogP contribution in [0.2, 0.25) is 0 Å². The van der Waals surface area contributed by atoms with Crippen LogP contribution in [-0.2, 0) is 0 Å². The van der Waals surface area contributed by atoms with Crippen LogP contribution in [0.15, 0.2) is 12.2 Å². The predicted octanol–water partition coefficient (Wildman–Crippen LogP) is 2.34. The van der Waals surface area contributed by atoms with E-state index in [0.29, 0.717) is 6.04 Å². The number of nitrogens with one attached hydrogen (secondary N) is 1. The smallest absolute Gasteiger partial charge is 0.00362 e. The molecule has 1 nitrogen and oxygen atoms in total. The van der Waals surface area contributed by atoms with Crippen LogP contribution in [0.5, 0.6) is 0 Å². The van der Waals surface area contributed by atoms with Crippen LogP contribution in [0.4, 0.5) is 0 Å². The summed E-state index contributed by atoms with van der Waals surface area (Å²) in [6.07, 6.45) is 6.66. The summed E-state index contributed by atoms with van der Waals surface area (Å²) in [6, 6.07) is 0.672. The molecular formula is C9H19N. The van der Waals surface area contributed by atoms with E-state index in [0.717, 1.165) is 13.0 Å². The van der Waals surface area contributed by atoms with Gasteiger partial charge in [-0.05, 0) is 33.2 Å². The maximum Gasteiger partial charge on any atom is 0.00362 e. The number of rotatable bonds is 5. The van der Waals surface area contributed by atoms with Crippen LogP contribution in [0.1, 0.15) is 33.6 Å². The van der Waals surface area contributed by atoms with Gasteiger partial charge in [-0.25, -0.2) is 0 Å². The Balaban J connectivity index is 3.03. The second kappa shape index (κ2) is 6.81. The minimum Gasteiger partial charge on any atom is -0.314 e. The van der Waals surface area contributed by atoms with Gasteiger partial charge in [0, 0.05) is 6.04 Å². The molecule has 0 aromatic carbocycles. The highest BCUT2D eigenvalue weighted by molar-refractivity contribution is 4.77. The highest BCUT2D eigenvalue weighted by atomic mass is 14.9. The quantitative estimate of drug-likeness (QED) is 0.458. The Hall–Kier alpha value is -0.300. The topological polar surface area (TPSA) is 12.0 Å². The van der Waals surface area contributed by atoms with Crippen molar-refractivity contribution in [1.29, 1.82) is 0 Å². The van der Waals surface area contributed by atoms with E-state index in [4.69, 9.17) is 0 Å². The Morgan fingerprint density at radius 1 is 1.50 bits per heavy atom. The molecule has 0 saturated carbocycles. The SMILES string of the molecule is C/C=C/CCNC(C)CC. The van der Waals surface area contributed by atoms with Gasteiger partial charge in [-0.2, -0.15) is 0 Å². The lowest BCUT2D eigenvalue weighted by atomic mass is 10.2. The molecule has 1 heteroatoms. The zero-order chi connectivity index (χ0) is 7.82. The van der Waals surface area contributed by atoms with Gasteiger partial charge in [-0.1, -0.05) is 19.1 Å². The van der Waals surface area contributed by atoms with Gasteiger partial charge in [0.15, 0.2) is 0 Å².